The van der Waals surface area contributed by atoms with Crippen molar-refractivity contribution in [2.24, 2.45) is 0 Å². The molecule has 0 saturated heterocycles. The molecule has 0 aromatic rings. The molecule has 0 aliphatic heterocycles. The summed E-state index contributed by atoms with van der Waals surface area (Å²) in [4.78, 5) is 6.19. The van der Waals surface area contributed by atoms with E-state index in [-0.39, 0.29) is 46.6 Å². The maximum absolute atomic E-state index is 8.58. The first kappa shape index (κ1) is 19.5. The third kappa shape index (κ3) is 1.86. The fourth-order valence-corrected chi connectivity index (χ4v) is 1.09. The van der Waals surface area contributed by atoms with Gasteiger partial charge in [0.05, 0.1) is 0 Å². The zero-order valence-corrected chi connectivity index (χ0v) is 11.7. The molecule has 0 bridgehead atoms. The minimum Gasteiger partial charge on any atom is 1.00 e. The standard InChI is InChI=1S/6CN.Fe.Mn.Na/c6*1-2;;;/q;;;;;;-3;+2;+1. The number of hydrogen-bond donors (Lipinski definition) is 0. The summed E-state index contributed by atoms with van der Waals surface area (Å²) in [7, 11) is -6.17. The normalized spacial score (nSPS) is 11.6. The van der Waals surface area contributed by atoms with Crippen molar-refractivity contribution >= 4 is 0 Å². The van der Waals surface area contributed by atoms with Crippen molar-refractivity contribution < 1.29 is 57.4 Å². The molecule has 0 aromatic carbocycles. The molecule has 9 heteroatoms. The fraction of sp³-hybridized carbons (Fsp3) is 0. The number of nitrogens with zero attached hydrogens (tertiary/aromatic N) is 6. The van der Waals surface area contributed by atoms with Crippen LogP contribution in [0.1, 0.15) is 0 Å². The molecule has 0 aromatic heterocycles. The largest absolute Gasteiger partial charge is 2.00 e. The van der Waals surface area contributed by atoms with E-state index in [1.807, 2.05) is 0 Å². The third-order valence-electron chi connectivity index (χ3n) is 1.19. The Morgan fingerprint density at radius 1 is 0.533 bits per heavy atom. The number of hydrogen-bond acceptors (Lipinski definition) is 6. The minimum absolute atomic E-state index is 0. The van der Waals surface area contributed by atoms with Gasteiger partial charge >= 0.3 is 119 Å². The van der Waals surface area contributed by atoms with Gasteiger partial charge < -0.3 is 0 Å². The van der Waals surface area contributed by atoms with Crippen molar-refractivity contribution in [2.45, 2.75) is 0 Å². The molecule has 0 heterocycles. The molecule has 0 aliphatic carbocycles. The van der Waals surface area contributed by atoms with Gasteiger partial charge in [0.15, 0.2) is 0 Å². The molecule has 0 fully saturated rings. The van der Waals surface area contributed by atoms with Gasteiger partial charge in [-0.15, -0.1) is 0 Å². The Bertz CT molecular complexity index is 397. The second kappa shape index (κ2) is 4.67. The van der Waals surface area contributed by atoms with Crippen LogP contribution in [-0.2, 0) is 27.8 Å². The molecule has 0 spiro atoms. The number of nitriles is 6. The summed E-state index contributed by atoms with van der Waals surface area (Å²) >= 11 is 0. The first-order chi connectivity index (χ1) is 5.97. The van der Waals surface area contributed by atoms with Crippen molar-refractivity contribution in [1.29, 1.82) is 31.6 Å². The van der Waals surface area contributed by atoms with E-state index in [1.165, 1.54) is 0 Å². The van der Waals surface area contributed by atoms with E-state index in [0.29, 0.717) is 0 Å². The maximum atomic E-state index is 8.58. The van der Waals surface area contributed by atoms with E-state index in [9.17, 15) is 0 Å². The monoisotopic (exact) mass is 290 g/mol. The quantitative estimate of drug-likeness (QED) is 0.438. The Morgan fingerprint density at radius 3 is 0.667 bits per heavy atom. The predicted molar refractivity (Wildman–Crippen MR) is 33.7 cm³/mol. The fourth-order valence-electron chi connectivity index (χ4n) is 0.265. The molecular formula is C6FeMnN6Na. The Hall–Kier alpha value is -1.02. The first-order valence-corrected chi connectivity index (χ1v) is 5.71. The summed E-state index contributed by atoms with van der Waals surface area (Å²) in [5, 5.41) is 51.5. The van der Waals surface area contributed by atoms with Crippen molar-refractivity contribution in [3.8, 4) is 29.8 Å². The number of rotatable bonds is 0. The SMILES string of the molecule is N#[C][Fe-3]([C]#N)([C]#N)([C]#N)([C]#N)[C]#N.[Mn+2].[Na+]. The Morgan fingerprint density at radius 2 is 0.667 bits per heavy atom. The Labute approximate surface area is 118 Å². The van der Waals surface area contributed by atoms with Crippen molar-refractivity contribution in [2.75, 3.05) is 0 Å². The molecule has 15 heavy (non-hydrogen) atoms. The van der Waals surface area contributed by atoms with Crippen LogP contribution in [0.2, 0.25) is 0 Å². The molecule has 0 unspecified atom stereocenters. The van der Waals surface area contributed by atoms with Crippen molar-refractivity contribution in [3.05, 3.63) is 0 Å². The molecular weight excluding hydrogens is 290 g/mol. The first-order valence-electron chi connectivity index (χ1n) is 2.40. The zero-order chi connectivity index (χ0) is 10.7. The topological polar surface area (TPSA) is 143 Å². The summed E-state index contributed by atoms with van der Waals surface area (Å²) in [6, 6.07) is 0. The van der Waals surface area contributed by atoms with E-state index in [0.717, 1.165) is 29.8 Å². The van der Waals surface area contributed by atoms with E-state index in [2.05, 4.69) is 0 Å². The van der Waals surface area contributed by atoms with E-state index >= 15 is 0 Å². The summed E-state index contributed by atoms with van der Waals surface area (Å²) in [6.45, 7) is 0. The molecule has 0 amide bonds. The third-order valence-corrected chi connectivity index (χ3v) is 4.89. The van der Waals surface area contributed by atoms with E-state index in [4.69, 9.17) is 31.6 Å². The second-order valence-corrected chi connectivity index (χ2v) is 7.42. The van der Waals surface area contributed by atoms with Gasteiger partial charge in [-0.2, -0.15) is 0 Å². The smallest absolute Gasteiger partial charge is 1.00 e. The summed E-state index contributed by atoms with van der Waals surface area (Å²) in [6.07, 6.45) is 0. The molecule has 0 atom stereocenters. The van der Waals surface area contributed by atoms with Gasteiger partial charge in [0.1, 0.15) is 0 Å². The Kier molecular flexibility index (Phi) is 6.08. The van der Waals surface area contributed by atoms with Crippen LogP contribution in [0.4, 0.5) is 0 Å². The van der Waals surface area contributed by atoms with Gasteiger partial charge in [-0.3, -0.25) is 0 Å². The van der Waals surface area contributed by atoms with Crippen LogP contribution >= 0.6 is 0 Å². The molecule has 1 radical (unpaired) electrons. The average Bonchev–Trinajstić information content (AvgIpc) is 2.26. The van der Waals surface area contributed by atoms with E-state index in [1.54, 1.807) is 0 Å². The van der Waals surface area contributed by atoms with Gasteiger partial charge in [0.2, 0.25) is 0 Å². The van der Waals surface area contributed by atoms with Gasteiger partial charge in [-0.25, -0.2) is 0 Å². The van der Waals surface area contributed by atoms with Gasteiger partial charge in [-0.05, 0) is 0 Å². The second-order valence-electron chi connectivity index (χ2n) is 1.80. The summed E-state index contributed by atoms with van der Waals surface area (Å²) in [5.41, 5.74) is 0. The van der Waals surface area contributed by atoms with Gasteiger partial charge in [-0.1, -0.05) is 0 Å². The van der Waals surface area contributed by atoms with Crippen LogP contribution in [0.3, 0.4) is 0 Å². The predicted octanol–water partition coefficient (Wildman–Crippen LogP) is -2.90. The van der Waals surface area contributed by atoms with E-state index < -0.39 is 10.7 Å². The minimum atomic E-state index is -6.17. The molecule has 6 nitrogen and oxygen atoms in total. The van der Waals surface area contributed by atoms with Crippen LogP contribution in [0, 0.1) is 61.4 Å². The van der Waals surface area contributed by atoms with Crippen molar-refractivity contribution in [3.63, 3.8) is 0 Å². The molecule has 70 valence electrons. The molecule has 0 rings (SSSR count). The molecule has 0 saturated carbocycles. The molecule has 0 N–H and O–H groups in total. The van der Waals surface area contributed by atoms with Crippen molar-refractivity contribution in [1.82, 2.24) is 0 Å². The summed E-state index contributed by atoms with van der Waals surface area (Å²) in [5.74, 6) is 0. The average molecular weight is 290 g/mol. The van der Waals surface area contributed by atoms with Crippen LogP contribution in [0.5, 0.6) is 0 Å². The van der Waals surface area contributed by atoms with Gasteiger partial charge in [0.25, 0.3) is 0 Å². The summed E-state index contributed by atoms with van der Waals surface area (Å²) < 4.78 is 0. The Balaban J connectivity index is -0.000000720. The molecule has 0 aliphatic rings. The van der Waals surface area contributed by atoms with Crippen LogP contribution in [0.25, 0.3) is 0 Å². The van der Waals surface area contributed by atoms with Crippen LogP contribution < -0.4 is 29.6 Å². The van der Waals surface area contributed by atoms with Crippen LogP contribution in [0.15, 0.2) is 0 Å². The maximum Gasteiger partial charge on any atom is 2.00 e. The zero-order valence-electron chi connectivity index (χ0n) is 7.41. The van der Waals surface area contributed by atoms with Crippen LogP contribution in [-0.4, -0.2) is 0 Å². The van der Waals surface area contributed by atoms with Gasteiger partial charge in [0, 0.05) is 0 Å².